The van der Waals surface area contributed by atoms with Crippen LogP contribution < -0.4 is 15.8 Å². The quantitative estimate of drug-likeness (QED) is 0.487. The third kappa shape index (κ3) is 3.97. The van der Waals surface area contributed by atoms with E-state index in [1.54, 1.807) is 0 Å². The van der Waals surface area contributed by atoms with Crippen LogP contribution >= 0.6 is 11.8 Å². The van der Waals surface area contributed by atoms with E-state index in [1.807, 2.05) is 0 Å². The number of aromatic nitrogens is 2. The molecule has 1 amide bonds. The average molecular weight is 479 g/mol. The Kier molecular flexibility index (Phi) is 5.69. The van der Waals surface area contributed by atoms with Crippen molar-refractivity contribution in [3.05, 3.63) is 47.4 Å². The molecule has 1 fully saturated rings. The molecule has 1 aliphatic heterocycles. The number of carbonyl (C=O) groups is 1. The number of nitrogens with zero attached hydrogens (tertiary/aromatic N) is 3. The SMILES string of the molecule is C#CCOc1cnc(C(=O)Nc2cc(F)c(F)c([C@@]3(C)N=C(N)S[C@@]4(C(F)F)C[C@@H]34)c2)cn1. The lowest BCUT2D eigenvalue weighted by Gasteiger charge is -2.34. The van der Waals surface area contributed by atoms with E-state index in [1.165, 1.54) is 13.1 Å². The van der Waals surface area contributed by atoms with E-state index in [0.29, 0.717) is 0 Å². The Hall–Kier alpha value is -3.33. The van der Waals surface area contributed by atoms with E-state index < -0.39 is 40.2 Å². The fourth-order valence-electron chi connectivity index (χ4n) is 3.95. The van der Waals surface area contributed by atoms with Gasteiger partial charge >= 0.3 is 0 Å². The molecule has 12 heteroatoms. The van der Waals surface area contributed by atoms with Crippen LogP contribution in [0.4, 0.5) is 23.2 Å². The molecule has 1 aromatic heterocycles. The number of amides is 1. The summed E-state index contributed by atoms with van der Waals surface area (Å²) in [6.45, 7) is 1.40. The summed E-state index contributed by atoms with van der Waals surface area (Å²) in [6, 6.07) is 1.94. The van der Waals surface area contributed by atoms with E-state index in [0.717, 1.165) is 30.1 Å². The minimum absolute atomic E-state index is 0.0318. The van der Waals surface area contributed by atoms with Gasteiger partial charge in [0.1, 0.15) is 5.69 Å². The Morgan fingerprint density at radius 1 is 1.39 bits per heavy atom. The molecule has 0 saturated heterocycles. The smallest absolute Gasteiger partial charge is 0.275 e. The second-order valence-electron chi connectivity index (χ2n) is 7.72. The van der Waals surface area contributed by atoms with Crippen LogP contribution in [-0.2, 0) is 5.54 Å². The fourth-order valence-corrected chi connectivity index (χ4v) is 5.29. The van der Waals surface area contributed by atoms with Crippen molar-refractivity contribution < 1.29 is 27.1 Å². The van der Waals surface area contributed by atoms with Gasteiger partial charge in [-0.15, -0.1) is 6.42 Å². The predicted molar refractivity (Wildman–Crippen MR) is 114 cm³/mol. The van der Waals surface area contributed by atoms with Crippen LogP contribution in [0.15, 0.2) is 29.5 Å². The molecule has 4 rings (SSSR count). The number of nitrogens with one attached hydrogen (secondary N) is 1. The molecular weight excluding hydrogens is 462 g/mol. The van der Waals surface area contributed by atoms with Crippen molar-refractivity contribution in [2.24, 2.45) is 16.6 Å². The Morgan fingerprint density at radius 2 is 2.15 bits per heavy atom. The zero-order valence-electron chi connectivity index (χ0n) is 17.1. The number of alkyl halides is 2. The number of terminal acetylenes is 1. The minimum Gasteiger partial charge on any atom is -0.463 e. The van der Waals surface area contributed by atoms with Gasteiger partial charge in [0.2, 0.25) is 5.88 Å². The third-order valence-electron chi connectivity index (χ3n) is 5.63. The maximum atomic E-state index is 14.8. The highest BCUT2D eigenvalue weighted by atomic mass is 32.2. The van der Waals surface area contributed by atoms with Crippen LogP contribution in [-0.4, -0.2) is 38.8 Å². The summed E-state index contributed by atoms with van der Waals surface area (Å²) in [4.78, 5) is 24.5. The molecule has 1 saturated carbocycles. The predicted octanol–water partition coefficient (Wildman–Crippen LogP) is 3.32. The van der Waals surface area contributed by atoms with Gasteiger partial charge in [0.15, 0.2) is 23.4 Å². The van der Waals surface area contributed by atoms with Crippen molar-refractivity contribution >= 4 is 28.5 Å². The molecule has 3 atom stereocenters. The van der Waals surface area contributed by atoms with Crippen molar-refractivity contribution in [3.63, 3.8) is 0 Å². The van der Waals surface area contributed by atoms with Crippen LogP contribution in [0.5, 0.6) is 5.88 Å². The Morgan fingerprint density at radius 3 is 2.79 bits per heavy atom. The number of benzene rings is 1. The van der Waals surface area contributed by atoms with Crippen LogP contribution in [0.3, 0.4) is 0 Å². The number of hydrogen-bond donors (Lipinski definition) is 2. The van der Waals surface area contributed by atoms with Crippen molar-refractivity contribution in [1.29, 1.82) is 0 Å². The van der Waals surface area contributed by atoms with Crippen LogP contribution in [0.1, 0.15) is 29.4 Å². The van der Waals surface area contributed by atoms with Gasteiger partial charge in [0.25, 0.3) is 12.3 Å². The molecule has 3 N–H and O–H groups in total. The average Bonchev–Trinajstić information content (AvgIpc) is 3.52. The second-order valence-corrected chi connectivity index (χ2v) is 9.10. The van der Waals surface area contributed by atoms with Crippen molar-refractivity contribution in [3.8, 4) is 18.2 Å². The number of ether oxygens (including phenoxy) is 1. The number of anilines is 1. The largest absolute Gasteiger partial charge is 0.463 e. The number of carbonyl (C=O) groups excluding carboxylic acids is 1. The number of halogens is 4. The molecule has 1 aromatic carbocycles. The van der Waals surface area contributed by atoms with E-state index in [9.17, 15) is 22.4 Å². The van der Waals surface area contributed by atoms with E-state index in [-0.39, 0.29) is 41.0 Å². The zero-order valence-corrected chi connectivity index (χ0v) is 17.9. The summed E-state index contributed by atoms with van der Waals surface area (Å²) in [6.07, 6.45) is 4.70. The lowest BCUT2D eigenvalue weighted by Crippen LogP contribution is -2.39. The van der Waals surface area contributed by atoms with Gasteiger partial charge in [-0.25, -0.2) is 27.5 Å². The second kappa shape index (κ2) is 8.22. The third-order valence-corrected chi connectivity index (χ3v) is 6.94. The van der Waals surface area contributed by atoms with Gasteiger partial charge < -0.3 is 15.8 Å². The highest BCUT2D eigenvalue weighted by molar-refractivity contribution is 8.15. The van der Waals surface area contributed by atoms with Crippen LogP contribution in [0.2, 0.25) is 0 Å². The van der Waals surface area contributed by atoms with Gasteiger partial charge in [-0.3, -0.25) is 9.79 Å². The summed E-state index contributed by atoms with van der Waals surface area (Å²) >= 11 is 0.751. The lowest BCUT2D eigenvalue weighted by atomic mass is 9.85. The molecule has 0 radical (unpaired) electrons. The number of aliphatic imine (C=N–C) groups is 1. The zero-order chi connectivity index (χ0) is 24.0. The van der Waals surface area contributed by atoms with Crippen molar-refractivity contribution in [2.45, 2.75) is 30.1 Å². The number of rotatable bonds is 6. The van der Waals surface area contributed by atoms with Gasteiger partial charge in [0, 0.05) is 23.2 Å². The summed E-state index contributed by atoms with van der Waals surface area (Å²) in [5.74, 6) is -1.69. The number of nitrogens with two attached hydrogens (primary N) is 1. The van der Waals surface area contributed by atoms with E-state index in [2.05, 4.69) is 26.2 Å². The molecular formula is C21H17F4N5O2S. The molecule has 2 aromatic rings. The van der Waals surface area contributed by atoms with E-state index in [4.69, 9.17) is 16.9 Å². The molecule has 2 heterocycles. The van der Waals surface area contributed by atoms with E-state index >= 15 is 0 Å². The summed E-state index contributed by atoms with van der Waals surface area (Å²) in [5, 5.41) is 2.27. The lowest BCUT2D eigenvalue weighted by molar-refractivity contribution is 0.102. The first kappa shape index (κ1) is 22.8. The van der Waals surface area contributed by atoms with Gasteiger partial charge in [-0.2, -0.15) is 0 Å². The van der Waals surface area contributed by atoms with Gasteiger partial charge in [0.05, 0.1) is 22.7 Å². The molecule has 0 bridgehead atoms. The summed E-state index contributed by atoms with van der Waals surface area (Å²) in [5.41, 5.74) is 3.72. The standard InChI is InChI=1S/C21H17F4N5O2S/c1-3-4-32-15-9-27-13(8-28-15)17(31)29-10-5-11(16(23)12(22)6-10)20(2)14-7-21(14,18(24)25)33-19(26)30-20/h1,5-6,8-9,14,18H,4,7H2,2H3,(H2,26,30)(H,29,31)/t14-,20+,21-/m0/s1. The number of hydrogen-bond acceptors (Lipinski definition) is 7. The molecule has 2 aliphatic rings. The van der Waals surface area contributed by atoms with Crippen molar-refractivity contribution in [1.82, 2.24) is 9.97 Å². The van der Waals surface area contributed by atoms with Crippen LogP contribution in [0, 0.1) is 29.9 Å². The molecule has 7 nitrogen and oxygen atoms in total. The summed E-state index contributed by atoms with van der Waals surface area (Å²) < 4.78 is 60.3. The number of fused-ring (bicyclic) bond motifs is 1. The molecule has 0 unspecified atom stereocenters. The Labute approximate surface area is 190 Å². The first-order chi connectivity index (χ1) is 15.6. The Balaban J connectivity index is 1.63. The topological polar surface area (TPSA) is 102 Å². The highest BCUT2D eigenvalue weighted by Gasteiger charge is 2.71. The normalized spacial score (nSPS) is 25.6. The molecule has 33 heavy (non-hydrogen) atoms. The highest BCUT2D eigenvalue weighted by Crippen LogP contribution is 2.68. The molecule has 1 aliphatic carbocycles. The maximum Gasteiger partial charge on any atom is 0.275 e. The number of thioether (sulfide) groups is 1. The molecule has 172 valence electrons. The first-order valence-corrected chi connectivity index (χ1v) is 10.4. The summed E-state index contributed by atoms with van der Waals surface area (Å²) in [7, 11) is 0. The van der Waals surface area contributed by atoms with Gasteiger partial charge in [-0.05, 0) is 19.4 Å². The van der Waals surface area contributed by atoms with Crippen LogP contribution in [0.25, 0.3) is 0 Å². The first-order valence-electron chi connectivity index (χ1n) is 9.62. The fraction of sp³-hybridized carbons (Fsp3) is 0.333. The van der Waals surface area contributed by atoms with Crippen molar-refractivity contribution in [2.75, 3.05) is 11.9 Å². The van der Waals surface area contributed by atoms with Gasteiger partial charge in [-0.1, -0.05) is 17.7 Å². The Bertz CT molecular complexity index is 1190. The maximum absolute atomic E-state index is 14.8. The molecule has 0 spiro atoms. The minimum atomic E-state index is -2.72. The number of amidine groups is 1. The monoisotopic (exact) mass is 479 g/mol.